The van der Waals surface area contributed by atoms with E-state index in [0.717, 1.165) is 23.4 Å². The average molecular weight is 352 g/mol. The van der Waals surface area contributed by atoms with Gasteiger partial charge in [-0.2, -0.15) is 0 Å². The maximum absolute atomic E-state index is 13.4. The first-order valence-corrected chi connectivity index (χ1v) is 8.24. The van der Waals surface area contributed by atoms with Crippen LogP contribution in [0.4, 0.5) is 8.78 Å². The molecule has 0 aliphatic carbocycles. The summed E-state index contributed by atoms with van der Waals surface area (Å²) in [6.07, 6.45) is 0. The SMILES string of the molecule is Cc1nc(-c2ccccc2)ccc1C(=O)N[C@@H](C)c1ccc(F)c(F)c1. The van der Waals surface area contributed by atoms with Gasteiger partial charge in [0.15, 0.2) is 11.6 Å². The second-order valence-corrected chi connectivity index (χ2v) is 6.06. The Hall–Kier alpha value is -3.08. The number of aryl methyl sites for hydroxylation is 1. The topological polar surface area (TPSA) is 42.0 Å². The quantitative estimate of drug-likeness (QED) is 0.731. The first-order valence-electron chi connectivity index (χ1n) is 8.24. The maximum Gasteiger partial charge on any atom is 0.253 e. The fraction of sp³-hybridized carbons (Fsp3) is 0.143. The highest BCUT2D eigenvalue weighted by Crippen LogP contribution is 2.20. The van der Waals surface area contributed by atoms with Crippen LogP contribution in [0.2, 0.25) is 0 Å². The molecule has 0 saturated carbocycles. The Balaban J connectivity index is 1.78. The summed E-state index contributed by atoms with van der Waals surface area (Å²) in [5.41, 5.74) is 3.29. The molecule has 1 aromatic heterocycles. The molecule has 3 aromatic rings. The van der Waals surface area contributed by atoms with E-state index in [-0.39, 0.29) is 5.91 Å². The van der Waals surface area contributed by atoms with E-state index >= 15 is 0 Å². The van der Waals surface area contributed by atoms with Crippen LogP contribution >= 0.6 is 0 Å². The highest BCUT2D eigenvalue weighted by Gasteiger charge is 2.16. The lowest BCUT2D eigenvalue weighted by Crippen LogP contribution is -2.27. The van der Waals surface area contributed by atoms with E-state index in [2.05, 4.69) is 10.3 Å². The number of amides is 1. The van der Waals surface area contributed by atoms with Gasteiger partial charge in [-0.3, -0.25) is 9.78 Å². The van der Waals surface area contributed by atoms with Gasteiger partial charge >= 0.3 is 0 Å². The predicted molar refractivity (Wildman–Crippen MR) is 96.6 cm³/mol. The summed E-state index contributed by atoms with van der Waals surface area (Å²) >= 11 is 0. The van der Waals surface area contributed by atoms with E-state index in [1.54, 1.807) is 26.0 Å². The standard InChI is InChI=1S/C21H18F2N2O/c1-13(16-8-10-18(22)19(23)12-16)25-21(26)17-9-11-20(24-14(17)2)15-6-4-3-5-7-15/h3-13H,1-2H3,(H,25,26)/t13-/m0/s1. The number of pyridine rings is 1. The highest BCUT2D eigenvalue weighted by atomic mass is 19.2. The van der Waals surface area contributed by atoms with Crippen LogP contribution in [0.3, 0.4) is 0 Å². The first-order chi connectivity index (χ1) is 12.5. The smallest absolute Gasteiger partial charge is 0.253 e. The van der Waals surface area contributed by atoms with Crippen molar-refractivity contribution in [3.8, 4) is 11.3 Å². The summed E-state index contributed by atoms with van der Waals surface area (Å²) in [4.78, 5) is 17.0. The molecule has 5 heteroatoms. The molecule has 3 nitrogen and oxygen atoms in total. The van der Waals surface area contributed by atoms with Gasteiger partial charge in [0, 0.05) is 5.56 Å². The monoisotopic (exact) mass is 352 g/mol. The lowest BCUT2D eigenvalue weighted by molar-refractivity contribution is 0.0939. The number of benzene rings is 2. The molecule has 1 N–H and O–H groups in total. The molecule has 0 fully saturated rings. The number of hydrogen-bond acceptors (Lipinski definition) is 2. The van der Waals surface area contributed by atoms with Crippen LogP contribution in [0.25, 0.3) is 11.3 Å². The number of halogens is 2. The third-order valence-electron chi connectivity index (χ3n) is 4.19. The van der Waals surface area contributed by atoms with Crippen LogP contribution in [0.5, 0.6) is 0 Å². The van der Waals surface area contributed by atoms with Crippen LogP contribution in [0.15, 0.2) is 60.7 Å². The minimum atomic E-state index is -0.936. The van der Waals surface area contributed by atoms with Gasteiger partial charge in [-0.15, -0.1) is 0 Å². The van der Waals surface area contributed by atoms with Crippen LogP contribution in [0.1, 0.15) is 34.6 Å². The third kappa shape index (κ3) is 3.77. The fourth-order valence-corrected chi connectivity index (χ4v) is 2.71. The second kappa shape index (κ2) is 7.44. The van der Waals surface area contributed by atoms with Crippen LogP contribution < -0.4 is 5.32 Å². The molecule has 0 bridgehead atoms. The van der Waals surface area contributed by atoms with Gasteiger partial charge in [0.05, 0.1) is 23.0 Å². The van der Waals surface area contributed by atoms with Crippen molar-refractivity contribution in [1.82, 2.24) is 10.3 Å². The van der Waals surface area contributed by atoms with Crippen molar-refractivity contribution < 1.29 is 13.6 Å². The lowest BCUT2D eigenvalue weighted by Gasteiger charge is -2.16. The number of hydrogen-bond donors (Lipinski definition) is 1. The van der Waals surface area contributed by atoms with E-state index in [0.29, 0.717) is 16.8 Å². The molecule has 2 aromatic carbocycles. The van der Waals surface area contributed by atoms with Crippen LogP contribution in [-0.4, -0.2) is 10.9 Å². The summed E-state index contributed by atoms with van der Waals surface area (Å²) in [5, 5.41) is 2.79. The molecule has 1 heterocycles. The number of carbonyl (C=O) groups is 1. The molecule has 0 aliphatic heterocycles. The van der Waals surface area contributed by atoms with Crippen LogP contribution in [-0.2, 0) is 0 Å². The van der Waals surface area contributed by atoms with Gasteiger partial charge in [-0.25, -0.2) is 8.78 Å². The third-order valence-corrected chi connectivity index (χ3v) is 4.19. The van der Waals surface area contributed by atoms with E-state index < -0.39 is 17.7 Å². The van der Waals surface area contributed by atoms with E-state index in [4.69, 9.17) is 0 Å². The zero-order chi connectivity index (χ0) is 18.7. The summed E-state index contributed by atoms with van der Waals surface area (Å²) < 4.78 is 26.4. The molecule has 26 heavy (non-hydrogen) atoms. The van der Waals surface area contributed by atoms with Crippen molar-refractivity contribution in [1.29, 1.82) is 0 Å². The normalized spacial score (nSPS) is 11.8. The van der Waals surface area contributed by atoms with E-state index in [1.807, 2.05) is 30.3 Å². The number of carbonyl (C=O) groups excluding carboxylic acids is 1. The second-order valence-electron chi connectivity index (χ2n) is 6.06. The maximum atomic E-state index is 13.4. The Morgan fingerprint density at radius 3 is 2.38 bits per heavy atom. The zero-order valence-corrected chi connectivity index (χ0v) is 14.5. The summed E-state index contributed by atoms with van der Waals surface area (Å²) in [5.74, 6) is -2.16. The molecule has 3 rings (SSSR count). The Labute approximate surface area is 150 Å². The van der Waals surface area contributed by atoms with Crippen molar-refractivity contribution in [3.63, 3.8) is 0 Å². The Morgan fingerprint density at radius 2 is 1.73 bits per heavy atom. The molecule has 0 radical (unpaired) electrons. The van der Waals surface area contributed by atoms with Gasteiger partial charge in [0.25, 0.3) is 5.91 Å². The molecule has 1 atom stereocenters. The van der Waals surface area contributed by atoms with Gasteiger partial charge in [0.1, 0.15) is 0 Å². The van der Waals surface area contributed by atoms with Gasteiger partial charge in [-0.05, 0) is 43.7 Å². The van der Waals surface area contributed by atoms with Crippen molar-refractivity contribution >= 4 is 5.91 Å². The molecular weight excluding hydrogens is 334 g/mol. The molecular formula is C21H18F2N2O. The number of nitrogens with zero attached hydrogens (tertiary/aromatic N) is 1. The largest absolute Gasteiger partial charge is 0.345 e. The van der Waals surface area contributed by atoms with Gasteiger partial charge in [0.2, 0.25) is 0 Å². The predicted octanol–water partition coefficient (Wildman–Crippen LogP) is 4.83. The van der Waals surface area contributed by atoms with Crippen molar-refractivity contribution in [3.05, 3.63) is 89.1 Å². The number of nitrogens with one attached hydrogen (secondary N) is 1. The first kappa shape index (κ1) is 17.7. The molecule has 0 unspecified atom stereocenters. The van der Waals surface area contributed by atoms with Crippen molar-refractivity contribution in [2.75, 3.05) is 0 Å². The van der Waals surface area contributed by atoms with Crippen molar-refractivity contribution in [2.24, 2.45) is 0 Å². The number of rotatable bonds is 4. The molecule has 132 valence electrons. The van der Waals surface area contributed by atoms with E-state index in [1.165, 1.54) is 6.07 Å². The Bertz CT molecular complexity index is 942. The van der Waals surface area contributed by atoms with Gasteiger partial charge in [-0.1, -0.05) is 36.4 Å². The van der Waals surface area contributed by atoms with Crippen LogP contribution in [0, 0.1) is 18.6 Å². The minimum Gasteiger partial charge on any atom is -0.345 e. The van der Waals surface area contributed by atoms with E-state index in [9.17, 15) is 13.6 Å². The lowest BCUT2D eigenvalue weighted by atomic mass is 10.1. The average Bonchev–Trinajstić information content (AvgIpc) is 2.64. The highest BCUT2D eigenvalue weighted by molar-refractivity contribution is 5.95. The summed E-state index contributed by atoms with van der Waals surface area (Å²) in [6.45, 7) is 3.48. The van der Waals surface area contributed by atoms with Crippen molar-refractivity contribution in [2.45, 2.75) is 19.9 Å². The number of aromatic nitrogens is 1. The molecule has 0 spiro atoms. The fourth-order valence-electron chi connectivity index (χ4n) is 2.71. The molecule has 0 saturated heterocycles. The minimum absolute atomic E-state index is 0.313. The summed E-state index contributed by atoms with van der Waals surface area (Å²) in [6, 6.07) is 16.3. The Kier molecular flexibility index (Phi) is 5.07. The zero-order valence-electron chi connectivity index (χ0n) is 14.5. The van der Waals surface area contributed by atoms with Gasteiger partial charge < -0.3 is 5.32 Å². The molecule has 0 aliphatic rings. The Morgan fingerprint density at radius 1 is 1.00 bits per heavy atom. The summed E-state index contributed by atoms with van der Waals surface area (Å²) in [7, 11) is 0. The molecule has 1 amide bonds.